The van der Waals surface area contributed by atoms with Crippen molar-refractivity contribution in [1.29, 1.82) is 0 Å². The highest BCUT2D eigenvalue weighted by molar-refractivity contribution is 5.74. The summed E-state index contributed by atoms with van der Waals surface area (Å²) in [6.45, 7) is 4.92. The van der Waals surface area contributed by atoms with Gasteiger partial charge in [-0.25, -0.2) is 4.79 Å². The molecule has 2 rings (SSSR count). The first-order valence-corrected chi connectivity index (χ1v) is 7.49. The van der Waals surface area contributed by atoms with Crippen LogP contribution in [0.3, 0.4) is 0 Å². The van der Waals surface area contributed by atoms with Gasteiger partial charge in [-0.2, -0.15) is 0 Å². The second-order valence-corrected chi connectivity index (χ2v) is 5.67. The lowest BCUT2D eigenvalue weighted by Gasteiger charge is -2.35. The molecular weight excluding hydrogens is 226 g/mol. The first-order valence-electron chi connectivity index (χ1n) is 7.49. The molecule has 2 fully saturated rings. The van der Waals surface area contributed by atoms with Gasteiger partial charge in [0.15, 0.2) is 0 Å². The zero-order valence-corrected chi connectivity index (χ0v) is 11.7. The molecule has 1 N–H and O–H groups in total. The lowest BCUT2D eigenvalue weighted by Crippen LogP contribution is -2.47. The summed E-state index contributed by atoms with van der Waals surface area (Å²) in [5.41, 5.74) is 0. The fraction of sp³-hybridized carbons (Fsp3) is 0.929. The molecule has 0 unspecified atom stereocenters. The van der Waals surface area contributed by atoms with E-state index < -0.39 is 0 Å². The van der Waals surface area contributed by atoms with Crippen LogP contribution >= 0.6 is 0 Å². The van der Waals surface area contributed by atoms with Crippen LogP contribution in [0.4, 0.5) is 4.79 Å². The van der Waals surface area contributed by atoms with Crippen LogP contribution in [0.5, 0.6) is 0 Å². The standard InChI is InChI=1S/C14H27N3O/c1-15-12-13-6-10-17(11-7-13)14(18)16-8-4-2-3-5-9-16/h13,15H,2-12H2,1H3. The van der Waals surface area contributed by atoms with Gasteiger partial charge in [0.2, 0.25) is 0 Å². The number of piperidine rings is 1. The summed E-state index contributed by atoms with van der Waals surface area (Å²) in [6.07, 6.45) is 7.24. The van der Waals surface area contributed by atoms with Gasteiger partial charge in [0.05, 0.1) is 0 Å². The zero-order chi connectivity index (χ0) is 12.8. The number of carbonyl (C=O) groups excluding carboxylic acids is 1. The van der Waals surface area contributed by atoms with E-state index in [9.17, 15) is 4.79 Å². The largest absolute Gasteiger partial charge is 0.325 e. The molecular formula is C14H27N3O. The molecule has 0 radical (unpaired) electrons. The minimum atomic E-state index is 0.291. The summed E-state index contributed by atoms with van der Waals surface area (Å²) in [5, 5.41) is 3.24. The minimum Gasteiger partial charge on any atom is -0.325 e. The summed E-state index contributed by atoms with van der Waals surface area (Å²) in [4.78, 5) is 16.5. The Hall–Kier alpha value is -0.770. The summed E-state index contributed by atoms with van der Waals surface area (Å²) < 4.78 is 0. The fourth-order valence-electron chi connectivity index (χ4n) is 3.08. The van der Waals surface area contributed by atoms with Crippen LogP contribution in [-0.2, 0) is 0 Å². The van der Waals surface area contributed by atoms with Crippen molar-refractivity contribution in [2.75, 3.05) is 39.8 Å². The Labute approximate surface area is 111 Å². The fourth-order valence-corrected chi connectivity index (χ4v) is 3.08. The van der Waals surface area contributed by atoms with E-state index in [0.717, 1.165) is 51.5 Å². The SMILES string of the molecule is CNCC1CCN(C(=O)N2CCCCCC2)CC1. The molecule has 4 nitrogen and oxygen atoms in total. The third-order valence-corrected chi connectivity index (χ3v) is 4.25. The number of likely N-dealkylation sites (tertiary alicyclic amines) is 2. The van der Waals surface area contributed by atoms with E-state index in [1.54, 1.807) is 0 Å². The minimum absolute atomic E-state index is 0.291. The van der Waals surface area contributed by atoms with Crippen LogP contribution in [0.2, 0.25) is 0 Å². The molecule has 0 aromatic carbocycles. The third kappa shape index (κ3) is 3.61. The van der Waals surface area contributed by atoms with Crippen LogP contribution in [0.15, 0.2) is 0 Å². The second kappa shape index (κ2) is 6.98. The molecule has 2 saturated heterocycles. The van der Waals surface area contributed by atoms with E-state index in [1.807, 2.05) is 7.05 Å². The highest BCUT2D eigenvalue weighted by Crippen LogP contribution is 2.19. The second-order valence-electron chi connectivity index (χ2n) is 5.67. The van der Waals surface area contributed by atoms with Crippen molar-refractivity contribution in [3.63, 3.8) is 0 Å². The molecule has 0 aromatic heterocycles. The molecule has 0 aromatic rings. The molecule has 0 saturated carbocycles. The molecule has 2 aliphatic rings. The van der Waals surface area contributed by atoms with E-state index in [0.29, 0.717) is 6.03 Å². The number of hydrogen-bond donors (Lipinski definition) is 1. The monoisotopic (exact) mass is 253 g/mol. The zero-order valence-electron chi connectivity index (χ0n) is 11.7. The highest BCUT2D eigenvalue weighted by atomic mass is 16.2. The maximum atomic E-state index is 12.4. The first-order chi connectivity index (χ1) is 8.81. The number of rotatable bonds is 2. The molecule has 2 amide bonds. The van der Waals surface area contributed by atoms with Gasteiger partial charge in [0.25, 0.3) is 0 Å². The Kier molecular flexibility index (Phi) is 5.29. The molecule has 0 bridgehead atoms. The average Bonchev–Trinajstić information content (AvgIpc) is 2.68. The average molecular weight is 253 g/mol. The van der Waals surface area contributed by atoms with Gasteiger partial charge in [-0.05, 0) is 45.2 Å². The van der Waals surface area contributed by atoms with Gasteiger partial charge < -0.3 is 15.1 Å². The van der Waals surface area contributed by atoms with Crippen molar-refractivity contribution in [1.82, 2.24) is 15.1 Å². The van der Waals surface area contributed by atoms with E-state index in [-0.39, 0.29) is 0 Å². The van der Waals surface area contributed by atoms with Crippen molar-refractivity contribution in [2.45, 2.75) is 38.5 Å². The summed E-state index contributed by atoms with van der Waals surface area (Å²) >= 11 is 0. The smallest absolute Gasteiger partial charge is 0.319 e. The molecule has 104 valence electrons. The van der Waals surface area contributed by atoms with Gasteiger partial charge in [-0.1, -0.05) is 12.8 Å². The number of nitrogens with one attached hydrogen (secondary N) is 1. The Morgan fingerprint density at radius 2 is 1.56 bits per heavy atom. The van der Waals surface area contributed by atoms with Gasteiger partial charge in [-0.15, -0.1) is 0 Å². The lowest BCUT2D eigenvalue weighted by molar-refractivity contribution is 0.133. The lowest BCUT2D eigenvalue weighted by atomic mass is 9.97. The normalized spacial score (nSPS) is 22.9. The van der Waals surface area contributed by atoms with Crippen molar-refractivity contribution < 1.29 is 4.79 Å². The van der Waals surface area contributed by atoms with Gasteiger partial charge in [-0.3, -0.25) is 0 Å². The van der Waals surface area contributed by atoms with E-state index in [4.69, 9.17) is 0 Å². The Morgan fingerprint density at radius 1 is 1.00 bits per heavy atom. The topological polar surface area (TPSA) is 35.6 Å². The van der Waals surface area contributed by atoms with Crippen molar-refractivity contribution in [3.8, 4) is 0 Å². The summed E-state index contributed by atoms with van der Waals surface area (Å²) in [6, 6.07) is 0.291. The van der Waals surface area contributed by atoms with Crippen LogP contribution in [-0.4, -0.2) is 55.6 Å². The van der Waals surface area contributed by atoms with Gasteiger partial charge in [0, 0.05) is 26.2 Å². The van der Waals surface area contributed by atoms with Gasteiger partial charge in [0.1, 0.15) is 0 Å². The summed E-state index contributed by atoms with van der Waals surface area (Å²) in [7, 11) is 2.01. The van der Waals surface area contributed by atoms with Crippen LogP contribution < -0.4 is 5.32 Å². The quantitative estimate of drug-likeness (QED) is 0.816. The predicted octanol–water partition coefficient (Wildman–Crippen LogP) is 1.91. The van der Waals surface area contributed by atoms with Crippen LogP contribution in [0.1, 0.15) is 38.5 Å². The number of amides is 2. The summed E-state index contributed by atoms with van der Waals surface area (Å²) in [5.74, 6) is 0.753. The van der Waals surface area contributed by atoms with Crippen molar-refractivity contribution >= 4 is 6.03 Å². The molecule has 0 aliphatic carbocycles. The number of carbonyl (C=O) groups is 1. The molecule has 4 heteroatoms. The maximum absolute atomic E-state index is 12.4. The number of urea groups is 1. The van der Waals surface area contributed by atoms with E-state index in [2.05, 4.69) is 15.1 Å². The maximum Gasteiger partial charge on any atom is 0.319 e. The molecule has 18 heavy (non-hydrogen) atoms. The van der Waals surface area contributed by atoms with Gasteiger partial charge >= 0.3 is 6.03 Å². The van der Waals surface area contributed by atoms with Crippen LogP contribution in [0.25, 0.3) is 0 Å². The Morgan fingerprint density at radius 3 is 2.11 bits per heavy atom. The highest BCUT2D eigenvalue weighted by Gasteiger charge is 2.26. The van der Waals surface area contributed by atoms with Crippen molar-refractivity contribution in [3.05, 3.63) is 0 Å². The molecule has 0 spiro atoms. The first kappa shape index (κ1) is 13.7. The van der Waals surface area contributed by atoms with Crippen molar-refractivity contribution in [2.24, 2.45) is 5.92 Å². The molecule has 2 heterocycles. The third-order valence-electron chi connectivity index (χ3n) is 4.25. The van der Waals surface area contributed by atoms with E-state index in [1.165, 1.54) is 25.7 Å². The molecule has 2 aliphatic heterocycles. The predicted molar refractivity (Wildman–Crippen MR) is 73.7 cm³/mol. The molecule has 0 atom stereocenters. The Bertz CT molecular complexity index is 254. The number of nitrogens with zero attached hydrogens (tertiary/aromatic N) is 2. The van der Waals surface area contributed by atoms with E-state index >= 15 is 0 Å². The Balaban J connectivity index is 1.79. The number of hydrogen-bond acceptors (Lipinski definition) is 2. The van der Waals surface area contributed by atoms with Crippen LogP contribution in [0, 0.1) is 5.92 Å².